The minimum atomic E-state index is -0.606. The Balaban J connectivity index is 2.21. The van der Waals surface area contributed by atoms with Crippen LogP contribution in [0.25, 0.3) is 0 Å². The Morgan fingerprint density at radius 3 is 2.31 bits per heavy atom. The van der Waals surface area contributed by atoms with Crippen molar-refractivity contribution in [3.63, 3.8) is 0 Å². The van der Waals surface area contributed by atoms with Crippen molar-refractivity contribution in [3.8, 4) is 5.75 Å². The zero-order valence-electron chi connectivity index (χ0n) is 17.4. The van der Waals surface area contributed by atoms with Gasteiger partial charge >= 0.3 is 0 Å². The van der Waals surface area contributed by atoms with E-state index in [1.165, 1.54) is 0 Å². The molecule has 29 heavy (non-hydrogen) atoms. The molecule has 5 nitrogen and oxygen atoms in total. The van der Waals surface area contributed by atoms with Crippen LogP contribution < -0.4 is 10.1 Å². The number of hydrogen-bond donors (Lipinski definition) is 1. The fourth-order valence-corrected chi connectivity index (χ4v) is 3.07. The summed E-state index contributed by atoms with van der Waals surface area (Å²) in [7, 11) is 1.61. The van der Waals surface area contributed by atoms with Crippen molar-refractivity contribution in [2.75, 3.05) is 13.7 Å². The molecule has 0 aliphatic rings. The van der Waals surface area contributed by atoms with E-state index < -0.39 is 6.04 Å². The van der Waals surface area contributed by atoms with Crippen LogP contribution in [0.2, 0.25) is 5.02 Å². The second-order valence-electron chi connectivity index (χ2n) is 7.45. The van der Waals surface area contributed by atoms with Crippen LogP contribution in [0.5, 0.6) is 5.75 Å². The first-order chi connectivity index (χ1) is 13.8. The highest BCUT2D eigenvalue weighted by atomic mass is 35.5. The average molecular weight is 417 g/mol. The van der Waals surface area contributed by atoms with E-state index in [0.717, 1.165) is 16.9 Å². The van der Waals surface area contributed by atoms with Gasteiger partial charge in [-0.15, -0.1) is 0 Å². The summed E-state index contributed by atoms with van der Waals surface area (Å²) in [5, 5.41) is 3.46. The summed E-state index contributed by atoms with van der Waals surface area (Å²) in [4.78, 5) is 27.4. The molecule has 1 N–H and O–H groups in total. The van der Waals surface area contributed by atoms with Crippen molar-refractivity contribution in [1.82, 2.24) is 10.2 Å². The van der Waals surface area contributed by atoms with Crippen LogP contribution in [0.15, 0.2) is 48.5 Å². The van der Waals surface area contributed by atoms with Gasteiger partial charge in [0.25, 0.3) is 0 Å². The third kappa shape index (κ3) is 6.79. The molecule has 0 unspecified atom stereocenters. The lowest BCUT2D eigenvalue weighted by Crippen LogP contribution is -2.48. The molecule has 0 aliphatic carbocycles. The summed E-state index contributed by atoms with van der Waals surface area (Å²) in [6.07, 6.45) is 0.137. The van der Waals surface area contributed by atoms with E-state index in [1.54, 1.807) is 25.0 Å². The third-order valence-corrected chi connectivity index (χ3v) is 5.03. The van der Waals surface area contributed by atoms with Crippen LogP contribution in [0.4, 0.5) is 0 Å². The van der Waals surface area contributed by atoms with Gasteiger partial charge in [0, 0.05) is 18.1 Å². The fraction of sp³-hybridized carbons (Fsp3) is 0.391. The summed E-state index contributed by atoms with van der Waals surface area (Å²) < 4.78 is 5.19. The second-order valence-corrected chi connectivity index (χ2v) is 7.86. The predicted octanol–water partition coefficient (Wildman–Crippen LogP) is 4.08. The Morgan fingerprint density at radius 2 is 1.72 bits per heavy atom. The molecular weight excluding hydrogens is 388 g/mol. The maximum atomic E-state index is 13.1. The average Bonchev–Trinajstić information content (AvgIpc) is 2.71. The predicted molar refractivity (Wildman–Crippen MR) is 116 cm³/mol. The molecule has 1 atom stereocenters. The number of carbonyl (C=O) groups is 2. The molecule has 2 amide bonds. The number of hydrogen-bond acceptors (Lipinski definition) is 3. The van der Waals surface area contributed by atoms with E-state index in [0.29, 0.717) is 24.0 Å². The standard InChI is InChI=1S/C23H29ClN2O3/c1-16(2)14-25-23(28)17(3)26(15-18-9-11-20(29-4)12-10-18)22(27)13-19-7-5-6-8-21(19)24/h5-12,16-17H,13-15H2,1-4H3,(H,25,28)/t17-/m1/s1. The molecule has 2 aromatic carbocycles. The topological polar surface area (TPSA) is 58.6 Å². The number of ether oxygens (including phenoxy) is 1. The van der Waals surface area contributed by atoms with E-state index >= 15 is 0 Å². The van der Waals surface area contributed by atoms with Crippen LogP contribution in [0.3, 0.4) is 0 Å². The van der Waals surface area contributed by atoms with E-state index in [9.17, 15) is 9.59 Å². The summed E-state index contributed by atoms with van der Waals surface area (Å²) in [5.74, 6) is 0.756. The normalized spacial score (nSPS) is 11.8. The maximum Gasteiger partial charge on any atom is 0.242 e. The van der Waals surface area contributed by atoms with Gasteiger partial charge in [0.1, 0.15) is 11.8 Å². The molecule has 6 heteroatoms. The van der Waals surface area contributed by atoms with Crippen LogP contribution in [-0.4, -0.2) is 36.4 Å². The Morgan fingerprint density at radius 1 is 1.07 bits per heavy atom. The highest BCUT2D eigenvalue weighted by molar-refractivity contribution is 6.31. The van der Waals surface area contributed by atoms with Gasteiger partial charge < -0.3 is 15.0 Å². The molecule has 0 aliphatic heterocycles. The first-order valence-corrected chi connectivity index (χ1v) is 10.1. The number of amides is 2. The summed E-state index contributed by atoms with van der Waals surface area (Å²) >= 11 is 6.23. The number of halogens is 1. The van der Waals surface area contributed by atoms with E-state index in [-0.39, 0.29) is 18.2 Å². The highest BCUT2D eigenvalue weighted by Crippen LogP contribution is 2.19. The molecule has 0 radical (unpaired) electrons. The number of methoxy groups -OCH3 is 1. The Bertz CT molecular complexity index is 821. The van der Waals surface area contributed by atoms with Crippen molar-refractivity contribution >= 4 is 23.4 Å². The molecular formula is C23H29ClN2O3. The molecule has 2 rings (SSSR count). The maximum absolute atomic E-state index is 13.1. The lowest BCUT2D eigenvalue weighted by Gasteiger charge is -2.29. The molecule has 0 fully saturated rings. The largest absolute Gasteiger partial charge is 0.497 e. The zero-order valence-corrected chi connectivity index (χ0v) is 18.2. The number of carbonyl (C=O) groups excluding carboxylic acids is 2. The zero-order chi connectivity index (χ0) is 21.4. The lowest BCUT2D eigenvalue weighted by molar-refractivity contribution is -0.140. The van der Waals surface area contributed by atoms with Crippen LogP contribution in [-0.2, 0) is 22.6 Å². The number of nitrogens with one attached hydrogen (secondary N) is 1. The van der Waals surface area contributed by atoms with Gasteiger partial charge in [0.05, 0.1) is 13.5 Å². The minimum absolute atomic E-state index is 0.137. The molecule has 2 aromatic rings. The van der Waals surface area contributed by atoms with Gasteiger partial charge in [0.2, 0.25) is 11.8 Å². The minimum Gasteiger partial charge on any atom is -0.497 e. The summed E-state index contributed by atoms with van der Waals surface area (Å²) in [6.45, 7) is 6.71. The molecule has 0 spiro atoms. The first kappa shape index (κ1) is 22.8. The van der Waals surface area contributed by atoms with Gasteiger partial charge in [-0.1, -0.05) is 55.8 Å². The van der Waals surface area contributed by atoms with Crippen molar-refractivity contribution in [2.24, 2.45) is 5.92 Å². The number of nitrogens with zero attached hydrogens (tertiary/aromatic N) is 1. The SMILES string of the molecule is COc1ccc(CN(C(=O)Cc2ccccc2Cl)[C@H](C)C(=O)NCC(C)C)cc1. The summed E-state index contributed by atoms with van der Waals surface area (Å²) in [6, 6.07) is 14.1. The molecule has 0 aromatic heterocycles. The highest BCUT2D eigenvalue weighted by Gasteiger charge is 2.26. The lowest BCUT2D eigenvalue weighted by atomic mass is 10.1. The molecule has 156 valence electrons. The van der Waals surface area contributed by atoms with Crippen molar-refractivity contribution < 1.29 is 14.3 Å². The van der Waals surface area contributed by atoms with Crippen LogP contribution in [0, 0.1) is 5.92 Å². The van der Waals surface area contributed by atoms with Gasteiger partial charge in [-0.3, -0.25) is 9.59 Å². The fourth-order valence-electron chi connectivity index (χ4n) is 2.87. The number of benzene rings is 2. The second kappa shape index (κ2) is 10.9. The van der Waals surface area contributed by atoms with E-state index in [1.807, 2.05) is 56.3 Å². The quantitative estimate of drug-likeness (QED) is 0.670. The molecule has 0 bridgehead atoms. The van der Waals surface area contributed by atoms with Crippen molar-refractivity contribution in [1.29, 1.82) is 0 Å². The van der Waals surface area contributed by atoms with Gasteiger partial charge in [-0.05, 0) is 42.2 Å². The van der Waals surface area contributed by atoms with E-state index in [4.69, 9.17) is 16.3 Å². The van der Waals surface area contributed by atoms with Gasteiger partial charge in [-0.25, -0.2) is 0 Å². The van der Waals surface area contributed by atoms with Crippen LogP contribution >= 0.6 is 11.6 Å². The van der Waals surface area contributed by atoms with E-state index in [2.05, 4.69) is 5.32 Å². The van der Waals surface area contributed by atoms with Crippen LogP contribution in [0.1, 0.15) is 31.9 Å². The van der Waals surface area contributed by atoms with Crippen molar-refractivity contribution in [2.45, 2.75) is 39.8 Å². The monoisotopic (exact) mass is 416 g/mol. The summed E-state index contributed by atoms with van der Waals surface area (Å²) in [5.41, 5.74) is 1.66. The molecule has 0 saturated heterocycles. The number of rotatable bonds is 9. The Kier molecular flexibility index (Phi) is 8.52. The van der Waals surface area contributed by atoms with Gasteiger partial charge in [0.15, 0.2) is 0 Å². The van der Waals surface area contributed by atoms with Gasteiger partial charge in [-0.2, -0.15) is 0 Å². The smallest absolute Gasteiger partial charge is 0.242 e. The Hall–Kier alpha value is -2.53. The third-order valence-electron chi connectivity index (χ3n) is 4.66. The molecule has 0 saturated carbocycles. The molecule has 0 heterocycles. The van der Waals surface area contributed by atoms with Crippen molar-refractivity contribution in [3.05, 3.63) is 64.7 Å². The Labute approximate surface area is 178 Å². The first-order valence-electron chi connectivity index (χ1n) is 9.75.